The molecule has 4 nitrogen and oxygen atoms in total. The van der Waals surface area contributed by atoms with Crippen molar-refractivity contribution in [2.24, 2.45) is 0 Å². The van der Waals surface area contributed by atoms with Gasteiger partial charge in [-0.05, 0) is 50.9 Å². The van der Waals surface area contributed by atoms with E-state index in [0.717, 1.165) is 38.2 Å². The standard InChI is InChI=1S/C18H28N2O2/c1-5-20(17-10-11-22-18(3,4)12-17)13-15-6-8-16(9-7-15)19-14(2)21/h6-9,17H,5,10-13H2,1-4H3,(H,19,21). The summed E-state index contributed by atoms with van der Waals surface area (Å²) in [6, 6.07) is 8.71. The highest BCUT2D eigenvalue weighted by Crippen LogP contribution is 2.28. The van der Waals surface area contributed by atoms with Crippen molar-refractivity contribution < 1.29 is 9.53 Å². The summed E-state index contributed by atoms with van der Waals surface area (Å²) in [5.41, 5.74) is 2.11. The van der Waals surface area contributed by atoms with Crippen molar-refractivity contribution in [2.45, 2.75) is 58.7 Å². The van der Waals surface area contributed by atoms with Crippen LogP contribution < -0.4 is 5.32 Å². The second-order valence-electron chi connectivity index (χ2n) is 6.70. The number of hydrogen-bond acceptors (Lipinski definition) is 3. The Morgan fingerprint density at radius 2 is 2.05 bits per heavy atom. The number of amides is 1. The molecule has 1 atom stereocenters. The Morgan fingerprint density at radius 3 is 2.59 bits per heavy atom. The lowest BCUT2D eigenvalue weighted by molar-refractivity contribution is -0.114. The molecule has 1 aromatic rings. The van der Waals surface area contributed by atoms with Gasteiger partial charge in [-0.3, -0.25) is 9.69 Å². The Balaban J connectivity index is 1.99. The van der Waals surface area contributed by atoms with Crippen LogP contribution in [0.2, 0.25) is 0 Å². The number of hydrogen-bond donors (Lipinski definition) is 1. The monoisotopic (exact) mass is 304 g/mol. The van der Waals surface area contributed by atoms with E-state index in [2.05, 4.69) is 43.1 Å². The minimum absolute atomic E-state index is 0.0222. The highest BCUT2D eigenvalue weighted by atomic mass is 16.5. The van der Waals surface area contributed by atoms with Crippen LogP contribution in [0, 0.1) is 0 Å². The normalized spacial score (nSPS) is 20.9. The number of benzene rings is 1. The Labute approximate surface area is 133 Å². The maximum atomic E-state index is 11.1. The molecule has 2 rings (SSSR count). The maximum absolute atomic E-state index is 11.1. The van der Waals surface area contributed by atoms with Crippen molar-refractivity contribution in [2.75, 3.05) is 18.5 Å². The summed E-state index contributed by atoms with van der Waals surface area (Å²) < 4.78 is 5.83. The lowest BCUT2D eigenvalue weighted by Gasteiger charge is -2.41. The number of nitrogens with one attached hydrogen (secondary N) is 1. The van der Waals surface area contributed by atoms with Gasteiger partial charge < -0.3 is 10.1 Å². The van der Waals surface area contributed by atoms with Crippen molar-refractivity contribution >= 4 is 11.6 Å². The van der Waals surface area contributed by atoms with Gasteiger partial charge >= 0.3 is 0 Å². The van der Waals surface area contributed by atoms with Gasteiger partial charge in [0.25, 0.3) is 0 Å². The molecule has 0 aromatic heterocycles. The van der Waals surface area contributed by atoms with Gasteiger partial charge in [-0.2, -0.15) is 0 Å². The first-order chi connectivity index (χ1) is 10.4. The fourth-order valence-electron chi connectivity index (χ4n) is 3.14. The molecule has 0 saturated carbocycles. The summed E-state index contributed by atoms with van der Waals surface area (Å²) >= 11 is 0. The molecule has 22 heavy (non-hydrogen) atoms. The molecular formula is C18H28N2O2. The van der Waals surface area contributed by atoms with E-state index in [0.29, 0.717) is 6.04 Å². The zero-order valence-corrected chi connectivity index (χ0v) is 14.2. The average molecular weight is 304 g/mol. The van der Waals surface area contributed by atoms with E-state index in [1.807, 2.05) is 12.1 Å². The maximum Gasteiger partial charge on any atom is 0.221 e. The molecule has 1 unspecified atom stereocenters. The number of anilines is 1. The number of rotatable bonds is 5. The molecule has 1 amide bonds. The second-order valence-corrected chi connectivity index (χ2v) is 6.70. The summed E-state index contributed by atoms with van der Waals surface area (Å²) in [5, 5.41) is 2.80. The van der Waals surface area contributed by atoms with Crippen LogP contribution >= 0.6 is 0 Å². The molecule has 1 N–H and O–H groups in total. The van der Waals surface area contributed by atoms with Crippen LogP contribution in [-0.2, 0) is 16.1 Å². The van der Waals surface area contributed by atoms with Crippen molar-refractivity contribution in [3.05, 3.63) is 29.8 Å². The largest absolute Gasteiger partial charge is 0.375 e. The zero-order chi connectivity index (χ0) is 16.2. The summed E-state index contributed by atoms with van der Waals surface area (Å²) in [4.78, 5) is 13.6. The van der Waals surface area contributed by atoms with Gasteiger partial charge in [-0.1, -0.05) is 19.1 Å². The predicted octanol–water partition coefficient (Wildman–Crippen LogP) is 3.42. The van der Waals surface area contributed by atoms with Gasteiger partial charge in [0, 0.05) is 31.8 Å². The Morgan fingerprint density at radius 1 is 1.36 bits per heavy atom. The molecule has 0 radical (unpaired) electrons. The molecule has 0 bridgehead atoms. The van der Waals surface area contributed by atoms with E-state index in [1.165, 1.54) is 12.5 Å². The van der Waals surface area contributed by atoms with Crippen LogP contribution in [0.3, 0.4) is 0 Å². The first-order valence-corrected chi connectivity index (χ1v) is 8.14. The van der Waals surface area contributed by atoms with Crippen LogP contribution in [0.5, 0.6) is 0 Å². The van der Waals surface area contributed by atoms with E-state index in [4.69, 9.17) is 4.74 Å². The van der Waals surface area contributed by atoms with Crippen molar-refractivity contribution in [3.63, 3.8) is 0 Å². The lowest BCUT2D eigenvalue weighted by Crippen LogP contribution is -2.45. The Bertz CT molecular complexity index is 496. The molecule has 1 heterocycles. The highest BCUT2D eigenvalue weighted by molar-refractivity contribution is 5.88. The summed E-state index contributed by atoms with van der Waals surface area (Å²) in [7, 11) is 0. The quantitative estimate of drug-likeness (QED) is 0.906. The summed E-state index contributed by atoms with van der Waals surface area (Å²) in [5.74, 6) is -0.0348. The van der Waals surface area contributed by atoms with Crippen molar-refractivity contribution in [1.82, 2.24) is 4.90 Å². The van der Waals surface area contributed by atoms with E-state index < -0.39 is 0 Å². The van der Waals surface area contributed by atoms with Gasteiger partial charge in [0.15, 0.2) is 0 Å². The fourth-order valence-corrected chi connectivity index (χ4v) is 3.14. The average Bonchev–Trinajstić information content (AvgIpc) is 2.44. The summed E-state index contributed by atoms with van der Waals surface area (Å²) in [6.07, 6.45) is 2.17. The first kappa shape index (κ1) is 17.0. The molecule has 0 aliphatic carbocycles. The van der Waals surface area contributed by atoms with Crippen LogP contribution in [0.4, 0.5) is 5.69 Å². The van der Waals surface area contributed by atoms with Crippen molar-refractivity contribution in [3.8, 4) is 0 Å². The highest BCUT2D eigenvalue weighted by Gasteiger charge is 2.31. The lowest BCUT2D eigenvalue weighted by atomic mass is 9.92. The van der Waals surface area contributed by atoms with E-state index >= 15 is 0 Å². The fraction of sp³-hybridized carbons (Fsp3) is 0.611. The predicted molar refractivity (Wildman–Crippen MR) is 89.9 cm³/mol. The van der Waals surface area contributed by atoms with Crippen molar-refractivity contribution in [1.29, 1.82) is 0 Å². The number of ether oxygens (including phenoxy) is 1. The molecule has 1 saturated heterocycles. The summed E-state index contributed by atoms with van der Waals surface area (Å²) in [6.45, 7) is 10.9. The topological polar surface area (TPSA) is 41.6 Å². The van der Waals surface area contributed by atoms with E-state index in [1.54, 1.807) is 0 Å². The van der Waals surface area contributed by atoms with E-state index in [9.17, 15) is 4.79 Å². The Hall–Kier alpha value is -1.39. The number of nitrogens with zero attached hydrogens (tertiary/aromatic N) is 1. The Kier molecular flexibility index (Phi) is 5.59. The molecular weight excluding hydrogens is 276 g/mol. The molecule has 1 aliphatic rings. The molecule has 4 heteroatoms. The van der Waals surface area contributed by atoms with Gasteiger partial charge in [-0.15, -0.1) is 0 Å². The van der Waals surface area contributed by atoms with Gasteiger partial charge in [0.2, 0.25) is 5.91 Å². The minimum Gasteiger partial charge on any atom is -0.375 e. The molecule has 0 spiro atoms. The SMILES string of the molecule is CCN(Cc1ccc(NC(C)=O)cc1)C1CCOC(C)(C)C1. The first-order valence-electron chi connectivity index (χ1n) is 8.14. The third kappa shape index (κ3) is 4.82. The second kappa shape index (κ2) is 7.25. The minimum atomic E-state index is -0.0348. The molecule has 1 aliphatic heterocycles. The van der Waals surface area contributed by atoms with Gasteiger partial charge in [0.1, 0.15) is 0 Å². The van der Waals surface area contributed by atoms with Crippen LogP contribution in [0.1, 0.15) is 46.1 Å². The van der Waals surface area contributed by atoms with Gasteiger partial charge in [-0.25, -0.2) is 0 Å². The van der Waals surface area contributed by atoms with Crippen LogP contribution in [-0.4, -0.2) is 35.6 Å². The number of carbonyl (C=O) groups excluding carboxylic acids is 1. The smallest absolute Gasteiger partial charge is 0.221 e. The third-order valence-electron chi connectivity index (χ3n) is 4.25. The molecule has 1 fully saturated rings. The van der Waals surface area contributed by atoms with E-state index in [-0.39, 0.29) is 11.5 Å². The molecule has 1 aromatic carbocycles. The van der Waals surface area contributed by atoms with Crippen LogP contribution in [0.15, 0.2) is 24.3 Å². The molecule has 122 valence electrons. The van der Waals surface area contributed by atoms with Crippen LogP contribution in [0.25, 0.3) is 0 Å². The van der Waals surface area contributed by atoms with Gasteiger partial charge in [0.05, 0.1) is 5.60 Å². The number of carbonyl (C=O) groups is 1. The zero-order valence-electron chi connectivity index (χ0n) is 14.2. The third-order valence-corrected chi connectivity index (χ3v) is 4.25.